The molecule has 7 heteroatoms. The lowest BCUT2D eigenvalue weighted by Gasteiger charge is -2.28. The lowest BCUT2D eigenvalue weighted by atomic mass is 9.98. The van der Waals surface area contributed by atoms with Crippen molar-refractivity contribution in [2.75, 3.05) is 30.0 Å². The summed E-state index contributed by atoms with van der Waals surface area (Å²) in [4.78, 5) is 37.5. The third-order valence-corrected chi connectivity index (χ3v) is 4.65. The summed E-state index contributed by atoms with van der Waals surface area (Å²) in [5, 5.41) is 2.70. The molecule has 2 aromatic rings. The molecule has 0 aromatic heterocycles. The molecule has 0 fully saturated rings. The molecule has 2 aromatic carbocycles. The lowest BCUT2D eigenvalue weighted by Crippen LogP contribution is -2.44. The first kappa shape index (κ1) is 20.4. The number of esters is 1. The van der Waals surface area contributed by atoms with Crippen LogP contribution in [0.15, 0.2) is 42.5 Å². The van der Waals surface area contributed by atoms with Gasteiger partial charge >= 0.3 is 5.97 Å². The largest absolute Gasteiger partial charge is 0.482 e. The maximum atomic E-state index is 12.5. The van der Waals surface area contributed by atoms with Crippen molar-refractivity contribution in [3.8, 4) is 5.75 Å². The minimum atomic E-state index is -0.654. The quantitative estimate of drug-likeness (QED) is 0.759. The van der Waals surface area contributed by atoms with E-state index >= 15 is 0 Å². The van der Waals surface area contributed by atoms with Gasteiger partial charge < -0.3 is 14.8 Å². The number of nitrogens with zero attached hydrogens (tertiary/aromatic N) is 1. The Morgan fingerprint density at radius 3 is 2.62 bits per heavy atom. The van der Waals surface area contributed by atoms with Crippen LogP contribution in [0.1, 0.15) is 30.9 Å². The number of para-hydroxylation sites is 2. The van der Waals surface area contributed by atoms with Gasteiger partial charge in [-0.3, -0.25) is 14.5 Å². The minimum absolute atomic E-state index is 0.120. The zero-order valence-corrected chi connectivity index (χ0v) is 16.7. The molecule has 152 valence electrons. The fourth-order valence-electron chi connectivity index (χ4n) is 3.25. The number of hydrogen-bond acceptors (Lipinski definition) is 5. The van der Waals surface area contributed by atoms with Gasteiger partial charge in [-0.05, 0) is 48.2 Å². The standard InChI is InChI=1S/C22H24N2O5/c1-14(2)17-9-8-16(10-15(17)3)28-13-22(27)29-12-21(26)24-11-20(25)23-18-6-4-5-7-19(18)24/h4-10,14H,11-13H2,1-3H3,(H,23,25). The van der Waals surface area contributed by atoms with Gasteiger partial charge in [0.25, 0.3) is 5.91 Å². The number of aryl methyl sites for hydroxylation is 1. The van der Waals surface area contributed by atoms with Crippen LogP contribution in [0.4, 0.5) is 11.4 Å². The highest BCUT2D eigenvalue weighted by molar-refractivity contribution is 6.10. The minimum Gasteiger partial charge on any atom is -0.482 e. The van der Waals surface area contributed by atoms with Crippen LogP contribution in [0.25, 0.3) is 0 Å². The maximum Gasteiger partial charge on any atom is 0.344 e. The molecule has 1 N–H and O–H groups in total. The average molecular weight is 396 g/mol. The van der Waals surface area contributed by atoms with Gasteiger partial charge in [0.05, 0.1) is 11.4 Å². The summed E-state index contributed by atoms with van der Waals surface area (Å²) in [5.74, 6) is -0.456. The number of anilines is 2. The zero-order valence-electron chi connectivity index (χ0n) is 16.7. The van der Waals surface area contributed by atoms with Crippen molar-refractivity contribution in [1.82, 2.24) is 0 Å². The Bertz CT molecular complexity index is 939. The van der Waals surface area contributed by atoms with Crippen molar-refractivity contribution in [3.63, 3.8) is 0 Å². The molecule has 0 bridgehead atoms. The van der Waals surface area contributed by atoms with Gasteiger partial charge in [0.15, 0.2) is 13.2 Å². The third kappa shape index (κ3) is 4.93. The summed E-state index contributed by atoms with van der Waals surface area (Å²) in [7, 11) is 0. The number of carbonyl (C=O) groups is 3. The summed E-state index contributed by atoms with van der Waals surface area (Å²) in [6.07, 6.45) is 0. The number of amides is 2. The first-order chi connectivity index (χ1) is 13.8. The van der Waals surface area contributed by atoms with E-state index in [1.54, 1.807) is 24.3 Å². The van der Waals surface area contributed by atoms with E-state index in [2.05, 4.69) is 19.2 Å². The smallest absolute Gasteiger partial charge is 0.344 e. The first-order valence-corrected chi connectivity index (χ1v) is 9.43. The molecule has 0 spiro atoms. The van der Waals surface area contributed by atoms with Crippen LogP contribution < -0.4 is 15.0 Å². The third-order valence-electron chi connectivity index (χ3n) is 4.65. The Morgan fingerprint density at radius 2 is 1.90 bits per heavy atom. The number of fused-ring (bicyclic) bond motifs is 1. The van der Waals surface area contributed by atoms with Gasteiger partial charge in [-0.1, -0.05) is 32.0 Å². The van der Waals surface area contributed by atoms with Gasteiger partial charge in [0.1, 0.15) is 12.3 Å². The SMILES string of the molecule is Cc1cc(OCC(=O)OCC(=O)N2CC(=O)Nc3ccccc32)ccc1C(C)C. The van der Waals surface area contributed by atoms with Crippen LogP contribution in [0.3, 0.4) is 0 Å². The molecular weight excluding hydrogens is 372 g/mol. The number of hydrogen-bond donors (Lipinski definition) is 1. The van der Waals surface area contributed by atoms with Crippen LogP contribution in [0.2, 0.25) is 0 Å². The fraction of sp³-hybridized carbons (Fsp3) is 0.318. The predicted octanol–water partition coefficient (Wildman–Crippen LogP) is 3.03. The second-order valence-electron chi connectivity index (χ2n) is 7.17. The van der Waals surface area contributed by atoms with Gasteiger partial charge in [-0.25, -0.2) is 4.79 Å². The molecule has 0 radical (unpaired) electrons. The first-order valence-electron chi connectivity index (χ1n) is 9.43. The molecular formula is C22H24N2O5. The number of nitrogens with one attached hydrogen (secondary N) is 1. The number of rotatable bonds is 6. The van der Waals surface area contributed by atoms with E-state index in [1.165, 1.54) is 10.5 Å². The Morgan fingerprint density at radius 1 is 1.14 bits per heavy atom. The monoisotopic (exact) mass is 396 g/mol. The zero-order chi connectivity index (χ0) is 21.0. The molecule has 0 saturated heterocycles. The van der Waals surface area contributed by atoms with Crippen molar-refractivity contribution in [3.05, 3.63) is 53.6 Å². The highest BCUT2D eigenvalue weighted by atomic mass is 16.6. The van der Waals surface area contributed by atoms with Crippen molar-refractivity contribution < 1.29 is 23.9 Å². The van der Waals surface area contributed by atoms with Gasteiger partial charge in [0, 0.05) is 0 Å². The number of benzene rings is 2. The molecule has 1 heterocycles. The molecule has 7 nitrogen and oxygen atoms in total. The highest BCUT2D eigenvalue weighted by Gasteiger charge is 2.27. The summed E-state index contributed by atoms with van der Waals surface area (Å²) in [6.45, 7) is 5.33. The lowest BCUT2D eigenvalue weighted by molar-refractivity contribution is -0.149. The molecule has 1 aliphatic heterocycles. The highest BCUT2D eigenvalue weighted by Crippen LogP contribution is 2.29. The van der Waals surface area contributed by atoms with Crippen LogP contribution in [-0.2, 0) is 19.1 Å². The van der Waals surface area contributed by atoms with E-state index in [0.717, 1.165) is 5.56 Å². The molecule has 3 rings (SSSR count). The predicted molar refractivity (Wildman–Crippen MR) is 109 cm³/mol. The topological polar surface area (TPSA) is 84.9 Å². The van der Waals surface area contributed by atoms with E-state index < -0.39 is 18.5 Å². The van der Waals surface area contributed by atoms with E-state index in [9.17, 15) is 14.4 Å². The van der Waals surface area contributed by atoms with Crippen LogP contribution in [0.5, 0.6) is 5.75 Å². The average Bonchev–Trinajstić information content (AvgIpc) is 2.69. The second-order valence-corrected chi connectivity index (χ2v) is 7.17. The molecule has 0 saturated carbocycles. The van der Waals surface area contributed by atoms with E-state index in [1.807, 2.05) is 25.1 Å². The molecule has 1 aliphatic rings. The van der Waals surface area contributed by atoms with Gasteiger partial charge in [-0.15, -0.1) is 0 Å². The maximum absolute atomic E-state index is 12.5. The Hall–Kier alpha value is -3.35. The van der Waals surface area contributed by atoms with Crippen molar-refractivity contribution in [2.24, 2.45) is 0 Å². The van der Waals surface area contributed by atoms with Gasteiger partial charge in [-0.2, -0.15) is 0 Å². The normalized spacial score (nSPS) is 13.0. The summed E-state index contributed by atoms with van der Waals surface area (Å²) in [5.41, 5.74) is 3.43. The molecule has 0 atom stereocenters. The Kier molecular flexibility index (Phi) is 6.16. The molecule has 0 unspecified atom stereocenters. The summed E-state index contributed by atoms with van der Waals surface area (Å²) < 4.78 is 10.5. The molecule has 2 amide bonds. The van der Waals surface area contributed by atoms with Crippen molar-refractivity contribution in [1.29, 1.82) is 0 Å². The van der Waals surface area contributed by atoms with E-state index in [0.29, 0.717) is 23.0 Å². The summed E-state index contributed by atoms with van der Waals surface area (Å²) in [6, 6.07) is 12.6. The van der Waals surface area contributed by atoms with E-state index in [4.69, 9.17) is 9.47 Å². The fourth-order valence-corrected chi connectivity index (χ4v) is 3.25. The van der Waals surface area contributed by atoms with Crippen molar-refractivity contribution >= 4 is 29.2 Å². The Balaban J connectivity index is 1.53. The van der Waals surface area contributed by atoms with Crippen LogP contribution in [0, 0.1) is 6.92 Å². The number of ether oxygens (including phenoxy) is 2. The summed E-state index contributed by atoms with van der Waals surface area (Å²) >= 11 is 0. The number of carbonyl (C=O) groups excluding carboxylic acids is 3. The van der Waals surface area contributed by atoms with Crippen LogP contribution in [-0.4, -0.2) is 37.5 Å². The van der Waals surface area contributed by atoms with Crippen molar-refractivity contribution in [2.45, 2.75) is 26.7 Å². The second kappa shape index (κ2) is 8.77. The van der Waals surface area contributed by atoms with Gasteiger partial charge in [0.2, 0.25) is 5.91 Å². The molecule has 0 aliphatic carbocycles. The van der Waals surface area contributed by atoms with Crippen LogP contribution >= 0.6 is 0 Å². The molecule has 29 heavy (non-hydrogen) atoms. The van der Waals surface area contributed by atoms with E-state index in [-0.39, 0.29) is 19.1 Å². The Labute approximate surface area is 169 Å².